The average Bonchev–Trinajstić information content (AvgIpc) is 3.03. The molecule has 3 rings (SSSR count). The van der Waals surface area contributed by atoms with Crippen LogP contribution in [0.1, 0.15) is 18.2 Å². The summed E-state index contributed by atoms with van der Waals surface area (Å²) >= 11 is 0. The molecule has 0 aliphatic carbocycles. The van der Waals surface area contributed by atoms with Gasteiger partial charge in [0.15, 0.2) is 0 Å². The van der Waals surface area contributed by atoms with Gasteiger partial charge in [-0.3, -0.25) is 0 Å². The second-order valence-electron chi connectivity index (χ2n) is 5.88. The molecule has 0 saturated heterocycles. The molecule has 0 unspecified atom stereocenters. The molecular formula is C21H20N2O2. The van der Waals surface area contributed by atoms with E-state index in [4.69, 9.17) is 4.74 Å². The maximum atomic E-state index is 11.7. The minimum atomic E-state index is -0.406. The molecule has 1 heterocycles. The number of carbonyl (C=O) groups is 1. The standard InChI is InChI=1S/C21H20N2O2/c1-16(2)21(24)25-14-19-20(18-11-7-4-8-12-18)23(15-22-19)13-17-9-5-3-6-10-17/h3-12,15H,1,13-14H2,2H3. The van der Waals surface area contributed by atoms with Gasteiger partial charge < -0.3 is 9.30 Å². The summed E-state index contributed by atoms with van der Waals surface area (Å²) in [5.74, 6) is -0.406. The van der Waals surface area contributed by atoms with Gasteiger partial charge in [-0.1, -0.05) is 67.2 Å². The van der Waals surface area contributed by atoms with Crippen molar-refractivity contribution >= 4 is 5.97 Å². The number of hydrogen-bond donors (Lipinski definition) is 0. The second kappa shape index (κ2) is 7.62. The first kappa shape index (κ1) is 16.7. The quantitative estimate of drug-likeness (QED) is 0.501. The van der Waals surface area contributed by atoms with Crippen LogP contribution in [0.4, 0.5) is 0 Å². The molecular weight excluding hydrogens is 312 g/mol. The van der Waals surface area contributed by atoms with Crippen molar-refractivity contribution in [3.63, 3.8) is 0 Å². The fourth-order valence-corrected chi connectivity index (χ4v) is 2.62. The van der Waals surface area contributed by atoms with Crippen molar-refractivity contribution in [1.82, 2.24) is 9.55 Å². The third-order valence-electron chi connectivity index (χ3n) is 3.84. The molecule has 25 heavy (non-hydrogen) atoms. The predicted molar refractivity (Wildman–Crippen MR) is 97.8 cm³/mol. The van der Waals surface area contributed by atoms with E-state index in [1.54, 1.807) is 13.3 Å². The number of benzene rings is 2. The van der Waals surface area contributed by atoms with E-state index in [9.17, 15) is 4.79 Å². The van der Waals surface area contributed by atoms with Crippen LogP contribution >= 0.6 is 0 Å². The van der Waals surface area contributed by atoms with Crippen molar-refractivity contribution in [3.05, 3.63) is 90.4 Å². The molecule has 0 radical (unpaired) electrons. The van der Waals surface area contributed by atoms with Gasteiger partial charge in [-0.15, -0.1) is 0 Å². The number of nitrogens with zero attached hydrogens (tertiary/aromatic N) is 2. The highest BCUT2D eigenvalue weighted by molar-refractivity contribution is 5.87. The number of hydrogen-bond acceptors (Lipinski definition) is 3. The van der Waals surface area contributed by atoms with E-state index in [-0.39, 0.29) is 6.61 Å². The van der Waals surface area contributed by atoms with Crippen molar-refractivity contribution in [2.75, 3.05) is 0 Å². The molecule has 0 fully saturated rings. The number of rotatable bonds is 6. The molecule has 0 aliphatic heterocycles. The zero-order valence-corrected chi connectivity index (χ0v) is 14.2. The summed E-state index contributed by atoms with van der Waals surface area (Å²) in [6.07, 6.45) is 1.79. The highest BCUT2D eigenvalue weighted by Gasteiger charge is 2.15. The van der Waals surface area contributed by atoms with Crippen LogP contribution in [0.2, 0.25) is 0 Å². The van der Waals surface area contributed by atoms with E-state index in [1.807, 2.05) is 48.5 Å². The Balaban J connectivity index is 1.93. The first-order valence-electron chi connectivity index (χ1n) is 8.11. The lowest BCUT2D eigenvalue weighted by atomic mass is 10.1. The summed E-state index contributed by atoms with van der Waals surface area (Å²) in [6, 6.07) is 20.2. The van der Waals surface area contributed by atoms with Crippen molar-refractivity contribution in [2.24, 2.45) is 0 Å². The van der Waals surface area contributed by atoms with Gasteiger partial charge in [-0.2, -0.15) is 0 Å². The van der Waals surface area contributed by atoms with Crippen LogP contribution in [-0.2, 0) is 22.7 Å². The zero-order valence-electron chi connectivity index (χ0n) is 14.2. The van der Waals surface area contributed by atoms with Crippen LogP contribution in [0.5, 0.6) is 0 Å². The first-order chi connectivity index (χ1) is 12.1. The summed E-state index contributed by atoms with van der Waals surface area (Å²) < 4.78 is 7.38. The number of carbonyl (C=O) groups excluding carboxylic acids is 1. The van der Waals surface area contributed by atoms with Crippen LogP contribution in [0, 0.1) is 0 Å². The van der Waals surface area contributed by atoms with Gasteiger partial charge in [0.25, 0.3) is 0 Å². The molecule has 0 spiro atoms. The van der Waals surface area contributed by atoms with Crippen LogP contribution in [0.3, 0.4) is 0 Å². The smallest absolute Gasteiger partial charge is 0.333 e. The van der Waals surface area contributed by atoms with Crippen molar-refractivity contribution in [2.45, 2.75) is 20.1 Å². The number of imidazole rings is 1. The van der Waals surface area contributed by atoms with Gasteiger partial charge in [0.2, 0.25) is 0 Å². The molecule has 3 aromatic rings. The van der Waals surface area contributed by atoms with E-state index in [0.29, 0.717) is 12.1 Å². The van der Waals surface area contributed by atoms with E-state index < -0.39 is 5.97 Å². The lowest BCUT2D eigenvalue weighted by Crippen LogP contribution is -2.07. The molecule has 4 nitrogen and oxygen atoms in total. The molecule has 0 saturated carbocycles. The van der Waals surface area contributed by atoms with Crippen molar-refractivity contribution in [3.8, 4) is 11.3 Å². The highest BCUT2D eigenvalue weighted by Crippen LogP contribution is 2.25. The topological polar surface area (TPSA) is 44.1 Å². The normalized spacial score (nSPS) is 10.4. The summed E-state index contributed by atoms with van der Waals surface area (Å²) in [5.41, 5.74) is 4.29. The maximum Gasteiger partial charge on any atom is 0.333 e. The van der Waals surface area contributed by atoms with E-state index in [2.05, 4.69) is 28.3 Å². The fourth-order valence-electron chi connectivity index (χ4n) is 2.62. The van der Waals surface area contributed by atoms with Gasteiger partial charge in [0.05, 0.1) is 12.0 Å². The maximum absolute atomic E-state index is 11.7. The van der Waals surface area contributed by atoms with E-state index in [0.717, 1.165) is 17.0 Å². The number of aromatic nitrogens is 2. The Morgan fingerprint density at radius 2 is 1.72 bits per heavy atom. The van der Waals surface area contributed by atoms with Gasteiger partial charge in [-0.05, 0) is 12.5 Å². The summed E-state index contributed by atoms with van der Waals surface area (Å²) in [7, 11) is 0. The average molecular weight is 332 g/mol. The van der Waals surface area contributed by atoms with E-state index >= 15 is 0 Å². The number of esters is 1. The molecule has 0 amide bonds. The Morgan fingerprint density at radius 3 is 2.36 bits per heavy atom. The van der Waals surface area contributed by atoms with Crippen molar-refractivity contribution in [1.29, 1.82) is 0 Å². The molecule has 0 atom stereocenters. The zero-order chi connectivity index (χ0) is 17.6. The van der Waals surface area contributed by atoms with Crippen LogP contribution < -0.4 is 0 Å². The largest absolute Gasteiger partial charge is 0.456 e. The second-order valence-corrected chi connectivity index (χ2v) is 5.88. The van der Waals surface area contributed by atoms with Crippen LogP contribution in [0.15, 0.2) is 79.1 Å². The fraction of sp³-hybridized carbons (Fsp3) is 0.143. The molecule has 0 aliphatic rings. The van der Waals surface area contributed by atoms with Gasteiger partial charge in [0.1, 0.15) is 12.3 Å². The van der Waals surface area contributed by atoms with Gasteiger partial charge >= 0.3 is 5.97 Å². The van der Waals surface area contributed by atoms with Crippen LogP contribution in [0.25, 0.3) is 11.3 Å². The Hall–Kier alpha value is -3.14. The molecule has 0 bridgehead atoms. The van der Waals surface area contributed by atoms with E-state index in [1.165, 1.54) is 5.56 Å². The Labute approximate surface area is 147 Å². The highest BCUT2D eigenvalue weighted by atomic mass is 16.5. The van der Waals surface area contributed by atoms with Crippen molar-refractivity contribution < 1.29 is 9.53 Å². The third kappa shape index (κ3) is 4.04. The summed E-state index contributed by atoms with van der Waals surface area (Å²) in [6.45, 7) is 6.07. The van der Waals surface area contributed by atoms with Crippen LogP contribution in [-0.4, -0.2) is 15.5 Å². The minimum Gasteiger partial charge on any atom is -0.456 e. The predicted octanol–water partition coefficient (Wildman–Crippen LogP) is 4.22. The summed E-state index contributed by atoms with van der Waals surface area (Å²) in [5, 5.41) is 0. The Kier molecular flexibility index (Phi) is 5.09. The van der Waals surface area contributed by atoms with Gasteiger partial charge in [-0.25, -0.2) is 9.78 Å². The number of ether oxygens (including phenoxy) is 1. The monoisotopic (exact) mass is 332 g/mol. The SMILES string of the molecule is C=C(C)C(=O)OCc1ncn(Cc2ccccc2)c1-c1ccccc1. The third-order valence-corrected chi connectivity index (χ3v) is 3.84. The molecule has 2 aromatic carbocycles. The molecule has 4 heteroatoms. The minimum absolute atomic E-state index is 0.123. The molecule has 126 valence electrons. The Morgan fingerprint density at radius 1 is 1.08 bits per heavy atom. The summed E-state index contributed by atoms with van der Waals surface area (Å²) in [4.78, 5) is 16.2. The lowest BCUT2D eigenvalue weighted by Gasteiger charge is -2.11. The first-order valence-corrected chi connectivity index (χ1v) is 8.11. The van der Waals surface area contributed by atoms with Gasteiger partial charge in [0, 0.05) is 17.7 Å². The lowest BCUT2D eigenvalue weighted by molar-refractivity contribution is -0.140. The molecule has 0 N–H and O–H groups in total. The molecule has 1 aromatic heterocycles. The Bertz CT molecular complexity index is 867.